The standard InChI is InChI=1S/C13H18N2O2S2/c1-9-8-12(11(3)15-9)6-7-14-19(16,17)13-5-4-10(2)18-13/h4-5,8,14-15H,6-7H2,1-3H3. The van der Waals surface area contributed by atoms with Crippen molar-refractivity contribution in [3.63, 3.8) is 0 Å². The van der Waals surface area contributed by atoms with Crippen LogP contribution in [0.2, 0.25) is 0 Å². The van der Waals surface area contributed by atoms with Gasteiger partial charge in [0.05, 0.1) is 0 Å². The molecular formula is C13H18N2O2S2. The third-order valence-corrected chi connectivity index (χ3v) is 5.88. The van der Waals surface area contributed by atoms with Crippen molar-refractivity contribution in [2.75, 3.05) is 6.54 Å². The molecule has 6 heteroatoms. The van der Waals surface area contributed by atoms with Crippen molar-refractivity contribution in [2.45, 2.75) is 31.4 Å². The third kappa shape index (κ3) is 3.46. The Morgan fingerprint density at radius 3 is 2.53 bits per heavy atom. The lowest BCUT2D eigenvalue weighted by Gasteiger charge is -2.04. The van der Waals surface area contributed by atoms with Gasteiger partial charge in [-0.1, -0.05) is 0 Å². The van der Waals surface area contributed by atoms with Crippen LogP contribution in [-0.4, -0.2) is 19.9 Å². The monoisotopic (exact) mass is 298 g/mol. The zero-order valence-electron chi connectivity index (χ0n) is 11.3. The summed E-state index contributed by atoms with van der Waals surface area (Å²) in [7, 11) is -3.36. The zero-order valence-corrected chi connectivity index (χ0v) is 12.9. The number of thiophene rings is 1. The van der Waals surface area contributed by atoms with E-state index < -0.39 is 10.0 Å². The Kier molecular flexibility index (Phi) is 4.13. The minimum atomic E-state index is -3.36. The van der Waals surface area contributed by atoms with E-state index in [0.717, 1.165) is 21.8 Å². The summed E-state index contributed by atoms with van der Waals surface area (Å²) in [6.45, 7) is 6.31. The van der Waals surface area contributed by atoms with Crippen molar-refractivity contribution in [1.29, 1.82) is 0 Å². The normalized spacial score (nSPS) is 11.9. The van der Waals surface area contributed by atoms with Crippen molar-refractivity contribution in [2.24, 2.45) is 0 Å². The first-order chi connectivity index (χ1) is 8.88. The number of rotatable bonds is 5. The van der Waals surface area contributed by atoms with Crippen molar-refractivity contribution in [3.8, 4) is 0 Å². The van der Waals surface area contributed by atoms with Gasteiger partial charge in [0.1, 0.15) is 4.21 Å². The van der Waals surface area contributed by atoms with E-state index in [1.54, 1.807) is 6.07 Å². The number of aromatic nitrogens is 1. The van der Waals surface area contributed by atoms with Gasteiger partial charge in [0.2, 0.25) is 10.0 Å². The van der Waals surface area contributed by atoms with Gasteiger partial charge in [0.25, 0.3) is 0 Å². The third-order valence-electron chi connectivity index (χ3n) is 2.92. The topological polar surface area (TPSA) is 62.0 Å². The fourth-order valence-corrected chi connectivity index (χ4v) is 4.35. The molecule has 2 aromatic heterocycles. The van der Waals surface area contributed by atoms with Crippen LogP contribution in [0.5, 0.6) is 0 Å². The second kappa shape index (κ2) is 5.48. The molecule has 2 aromatic rings. The highest BCUT2D eigenvalue weighted by atomic mass is 32.2. The molecule has 104 valence electrons. The quantitative estimate of drug-likeness (QED) is 0.891. The minimum Gasteiger partial charge on any atom is -0.362 e. The molecule has 0 aromatic carbocycles. The number of nitrogens with one attached hydrogen (secondary N) is 2. The average molecular weight is 298 g/mol. The highest BCUT2D eigenvalue weighted by molar-refractivity contribution is 7.91. The average Bonchev–Trinajstić information content (AvgIpc) is 2.86. The molecule has 0 saturated heterocycles. The number of aryl methyl sites for hydroxylation is 3. The maximum Gasteiger partial charge on any atom is 0.250 e. The molecule has 0 aliphatic heterocycles. The van der Waals surface area contributed by atoms with Gasteiger partial charge >= 0.3 is 0 Å². The fraction of sp³-hybridized carbons (Fsp3) is 0.385. The summed E-state index contributed by atoms with van der Waals surface area (Å²) in [5, 5.41) is 0. The molecule has 19 heavy (non-hydrogen) atoms. The van der Waals surface area contributed by atoms with Crippen LogP contribution in [0.3, 0.4) is 0 Å². The van der Waals surface area contributed by atoms with Crippen LogP contribution in [-0.2, 0) is 16.4 Å². The van der Waals surface area contributed by atoms with Crippen LogP contribution in [0.25, 0.3) is 0 Å². The molecule has 0 atom stereocenters. The van der Waals surface area contributed by atoms with E-state index in [-0.39, 0.29) is 0 Å². The Morgan fingerprint density at radius 2 is 2.00 bits per heavy atom. The van der Waals surface area contributed by atoms with Gasteiger partial charge in [0, 0.05) is 22.8 Å². The first kappa shape index (κ1) is 14.3. The Hall–Kier alpha value is -1.11. The molecule has 2 rings (SSSR count). The predicted octanol–water partition coefficient (Wildman–Crippen LogP) is 2.52. The summed E-state index contributed by atoms with van der Waals surface area (Å²) in [4.78, 5) is 4.21. The molecule has 0 fully saturated rings. The molecular weight excluding hydrogens is 280 g/mol. The summed E-state index contributed by atoms with van der Waals surface area (Å²) >= 11 is 1.29. The second-order valence-electron chi connectivity index (χ2n) is 4.62. The largest absolute Gasteiger partial charge is 0.362 e. The number of H-pyrrole nitrogens is 1. The summed E-state index contributed by atoms with van der Waals surface area (Å²) in [6, 6.07) is 5.52. The van der Waals surface area contributed by atoms with E-state index in [1.807, 2.05) is 26.8 Å². The van der Waals surface area contributed by atoms with Crippen molar-refractivity contribution < 1.29 is 8.42 Å². The van der Waals surface area contributed by atoms with Crippen molar-refractivity contribution in [1.82, 2.24) is 9.71 Å². The molecule has 0 bridgehead atoms. The van der Waals surface area contributed by atoms with Crippen LogP contribution >= 0.6 is 11.3 Å². The first-order valence-electron chi connectivity index (χ1n) is 6.09. The van der Waals surface area contributed by atoms with E-state index in [9.17, 15) is 8.42 Å². The molecule has 0 unspecified atom stereocenters. The van der Waals surface area contributed by atoms with Gasteiger partial charge in [-0.2, -0.15) is 0 Å². The minimum absolute atomic E-state index is 0.381. The van der Waals surface area contributed by atoms with Crippen molar-refractivity contribution in [3.05, 3.63) is 40.0 Å². The van der Waals surface area contributed by atoms with E-state index in [1.165, 1.54) is 11.3 Å². The van der Waals surface area contributed by atoms with E-state index >= 15 is 0 Å². The SMILES string of the molecule is Cc1cc(CCNS(=O)(=O)c2ccc(C)s2)c(C)[nH]1. The Labute approximate surface area is 117 Å². The van der Waals surface area contributed by atoms with Crippen LogP contribution in [0.4, 0.5) is 0 Å². The van der Waals surface area contributed by atoms with Crippen LogP contribution in [0.1, 0.15) is 21.8 Å². The number of hydrogen-bond acceptors (Lipinski definition) is 3. The molecule has 2 heterocycles. The molecule has 0 saturated carbocycles. The molecule has 0 radical (unpaired) electrons. The summed E-state index contributed by atoms with van der Waals surface area (Å²) in [5.41, 5.74) is 3.36. The van der Waals surface area contributed by atoms with Crippen LogP contribution in [0, 0.1) is 20.8 Å². The van der Waals surface area contributed by atoms with E-state index in [4.69, 9.17) is 0 Å². The molecule has 0 spiro atoms. The molecule has 4 nitrogen and oxygen atoms in total. The Balaban J connectivity index is 1.97. The lowest BCUT2D eigenvalue weighted by Crippen LogP contribution is -2.25. The van der Waals surface area contributed by atoms with Gasteiger partial charge in [0.15, 0.2) is 0 Å². The molecule has 2 N–H and O–H groups in total. The molecule has 0 aliphatic rings. The fourth-order valence-electron chi connectivity index (χ4n) is 1.99. The highest BCUT2D eigenvalue weighted by Gasteiger charge is 2.15. The van der Waals surface area contributed by atoms with Crippen LogP contribution < -0.4 is 4.72 Å². The first-order valence-corrected chi connectivity index (χ1v) is 8.39. The van der Waals surface area contributed by atoms with Gasteiger partial charge < -0.3 is 4.98 Å². The summed E-state index contributed by atoms with van der Waals surface area (Å²) in [5.74, 6) is 0. The summed E-state index contributed by atoms with van der Waals surface area (Å²) < 4.78 is 27.1. The highest BCUT2D eigenvalue weighted by Crippen LogP contribution is 2.20. The van der Waals surface area contributed by atoms with E-state index in [0.29, 0.717) is 17.2 Å². The van der Waals surface area contributed by atoms with Gasteiger partial charge in [-0.3, -0.25) is 0 Å². The number of sulfonamides is 1. The maximum atomic E-state index is 12.0. The Morgan fingerprint density at radius 1 is 1.26 bits per heavy atom. The summed E-state index contributed by atoms with van der Waals surface area (Å²) in [6.07, 6.45) is 0.694. The zero-order chi connectivity index (χ0) is 14.0. The van der Waals surface area contributed by atoms with Gasteiger partial charge in [-0.25, -0.2) is 13.1 Å². The molecule has 0 aliphatic carbocycles. The number of hydrogen-bond donors (Lipinski definition) is 2. The lowest BCUT2D eigenvalue weighted by atomic mass is 10.2. The van der Waals surface area contributed by atoms with E-state index in [2.05, 4.69) is 15.8 Å². The smallest absolute Gasteiger partial charge is 0.250 e. The second-order valence-corrected chi connectivity index (χ2v) is 7.90. The number of aromatic amines is 1. The predicted molar refractivity (Wildman–Crippen MR) is 78.2 cm³/mol. The van der Waals surface area contributed by atoms with Crippen molar-refractivity contribution >= 4 is 21.4 Å². The maximum absolute atomic E-state index is 12.0. The lowest BCUT2D eigenvalue weighted by molar-refractivity contribution is 0.583. The van der Waals surface area contributed by atoms with Crippen LogP contribution in [0.15, 0.2) is 22.4 Å². The van der Waals surface area contributed by atoms with Gasteiger partial charge in [-0.15, -0.1) is 11.3 Å². The van der Waals surface area contributed by atoms with Gasteiger partial charge in [-0.05, 0) is 51.0 Å². The Bertz CT molecular complexity index is 669. The molecule has 0 amide bonds.